The molecule has 0 aliphatic heterocycles. The molecule has 0 atom stereocenters. The molecule has 3 nitrogen and oxygen atoms in total. The number of thioether (sulfide) groups is 1. The van der Waals surface area contributed by atoms with Crippen LogP contribution in [0.2, 0.25) is 0 Å². The lowest BCUT2D eigenvalue weighted by atomic mass is 10.1. The fourth-order valence-corrected chi connectivity index (χ4v) is 1.77. The number of carbonyl (C=O) groups is 2. The molecule has 5 heteroatoms. The number of rotatable bonds is 5. The summed E-state index contributed by atoms with van der Waals surface area (Å²) in [4.78, 5) is 21.2. The fraction of sp³-hybridized carbons (Fsp3) is 0.231. The van der Waals surface area contributed by atoms with E-state index in [0.717, 1.165) is 5.56 Å². The number of hydrogen-bond donors (Lipinski definition) is 1. The lowest BCUT2D eigenvalue weighted by Crippen LogP contribution is -2.02. The molecule has 18 heavy (non-hydrogen) atoms. The first-order valence-electron chi connectivity index (χ1n) is 5.29. The third-order valence-corrected chi connectivity index (χ3v) is 2.87. The van der Waals surface area contributed by atoms with E-state index in [1.807, 2.05) is 0 Å². The number of benzene rings is 1. The Morgan fingerprint density at radius 3 is 2.78 bits per heavy atom. The molecular formula is C13H13FO3S. The van der Waals surface area contributed by atoms with Crippen molar-refractivity contribution in [3.63, 3.8) is 0 Å². The highest BCUT2D eigenvalue weighted by atomic mass is 32.2. The van der Waals surface area contributed by atoms with Crippen LogP contribution in [0, 0.1) is 5.82 Å². The minimum absolute atomic E-state index is 0.0327. The van der Waals surface area contributed by atoms with Crippen LogP contribution >= 0.6 is 11.8 Å². The molecule has 0 unspecified atom stereocenters. The van der Waals surface area contributed by atoms with Gasteiger partial charge in [0.2, 0.25) is 0 Å². The van der Waals surface area contributed by atoms with E-state index >= 15 is 0 Å². The summed E-state index contributed by atoms with van der Waals surface area (Å²) >= 11 is 1.17. The Labute approximate surface area is 109 Å². The van der Waals surface area contributed by atoms with E-state index in [4.69, 9.17) is 5.11 Å². The first-order chi connectivity index (χ1) is 8.49. The lowest BCUT2D eigenvalue weighted by Gasteiger charge is -2.01. The minimum atomic E-state index is -1.07. The molecule has 1 aromatic carbocycles. The van der Waals surface area contributed by atoms with Gasteiger partial charge in [-0.15, -0.1) is 0 Å². The van der Waals surface area contributed by atoms with Crippen molar-refractivity contribution in [1.29, 1.82) is 0 Å². The molecule has 0 radical (unpaired) electrons. The third-order valence-electron chi connectivity index (χ3n) is 2.10. The second kappa shape index (κ2) is 6.96. The van der Waals surface area contributed by atoms with Crippen molar-refractivity contribution in [1.82, 2.24) is 0 Å². The molecular weight excluding hydrogens is 255 g/mol. The minimum Gasteiger partial charge on any atom is -0.481 e. The van der Waals surface area contributed by atoms with Crippen LogP contribution in [-0.4, -0.2) is 21.9 Å². The Kier molecular flexibility index (Phi) is 5.58. The summed E-state index contributed by atoms with van der Waals surface area (Å²) < 4.78 is 13.3. The highest BCUT2D eigenvalue weighted by molar-refractivity contribution is 8.13. The summed E-state index contributed by atoms with van der Waals surface area (Å²) in [6.45, 7) is 1.49. The van der Waals surface area contributed by atoms with Crippen LogP contribution in [0.15, 0.2) is 24.3 Å². The van der Waals surface area contributed by atoms with E-state index in [1.165, 1.54) is 30.8 Å². The number of carboxylic acid groups (broad SMARTS) is 1. The lowest BCUT2D eigenvalue weighted by molar-refractivity contribution is -0.136. The van der Waals surface area contributed by atoms with Gasteiger partial charge in [0.25, 0.3) is 0 Å². The van der Waals surface area contributed by atoms with Crippen molar-refractivity contribution in [2.45, 2.75) is 13.3 Å². The number of halogens is 1. The SMILES string of the molecule is CC(=O)SCC=Cc1ccc(F)c(CC(=O)O)c1. The van der Waals surface area contributed by atoms with Gasteiger partial charge >= 0.3 is 5.97 Å². The summed E-state index contributed by atoms with van der Waals surface area (Å²) in [5.41, 5.74) is 0.876. The Balaban J connectivity index is 2.72. The van der Waals surface area contributed by atoms with E-state index in [-0.39, 0.29) is 17.1 Å². The molecule has 0 spiro atoms. The van der Waals surface area contributed by atoms with Gasteiger partial charge in [0.15, 0.2) is 5.12 Å². The number of carbonyl (C=O) groups excluding carboxylic acids is 1. The molecule has 1 rings (SSSR count). The highest BCUT2D eigenvalue weighted by Gasteiger charge is 2.06. The number of hydrogen-bond acceptors (Lipinski definition) is 3. The van der Waals surface area contributed by atoms with Crippen molar-refractivity contribution in [3.05, 3.63) is 41.2 Å². The zero-order valence-electron chi connectivity index (χ0n) is 9.85. The van der Waals surface area contributed by atoms with Gasteiger partial charge in [-0.3, -0.25) is 9.59 Å². The van der Waals surface area contributed by atoms with E-state index in [9.17, 15) is 14.0 Å². The fourth-order valence-electron chi connectivity index (χ4n) is 1.35. The molecule has 1 N–H and O–H groups in total. The average Bonchev–Trinajstić information content (AvgIpc) is 2.27. The molecule has 0 aliphatic carbocycles. The molecule has 0 saturated heterocycles. The normalized spacial score (nSPS) is 10.8. The van der Waals surface area contributed by atoms with Gasteiger partial charge in [-0.05, 0) is 23.3 Å². The molecule has 0 aromatic heterocycles. The monoisotopic (exact) mass is 268 g/mol. The Morgan fingerprint density at radius 1 is 1.44 bits per heavy atom. The second-order valence-electron chi connectivity index (χ2n) is 3.63. The smallest absolute Gasteiger partial charge is 0.307 e. The van der Waals surface area contributed by atoms with Crippen LogP contribution in [0.4, 0.5) is 4.39 Å². The second-order valence-corrected chi connectivity index (χ2v) is 4.82. The van der Waals surface area contributed by atoms with Crippen LogP contribution in [0.25, 0.3) is 6.08 Å². The summed E-state index contributed by atoms with van der Waals surface area (Å²) in [6.07, 6.45) is 3.18. The first-order valence-corrected chi connectivity index (χ1v) is 6.27. The van der Waals surface area contributed by atoms with Crippen LogP contribution < -0.4 is 0 Å². The topological polar surface area (TPSA) is 54.4 Å². The van der Waals surface area contributed by atoms with Crippen molar-refractivity contribution >= 4 is 28.9 Å². The summed E-state index contributed by atoms with van der Waals surface area (Å²) in [6, 6.07) is 4.31. The maximum absolute atomic E-state index is 13.3. The zero-order valence-corrected chi connectivity index (χ0v) is 10.7. The van der Waals surface area contributed by atoms with E-state index in [2.05, 4.69) is 0 Å². The predicted octanol–water partition coefficient (Wildman–Crippen LogP) is 2.75. The molecule has 0 amide bonds. The van der Waals surface area contributed by atoms with Gasteiger partial charge in [-0.25, -0.2) is 4.39 Å². The zero-order chi connectivity index (χ0) is 13.5. The maximum atomic E-state index is 13.3. The molecule has 0 bridgehead atoms. The van der Waals surface area contributed by atoms with Gasteiger partial charge in [-0.2, -0.15) is 0 Å². The maximum Gasteiger partial charge on any atom is 0.307 e. The standard InChI is InChI=1S/C13H13FO3S/c1-9(15)18-6-2-3-10-4-5-12(14)11(7-10)8-13(16)17/h2-5,7H,6,8H2,1H3,(H,16,17). The molecule has 0 fully saturated rings. The highest BCUT2D eigenvalue weighted by Crippen LogP contribution is 2.13. The van der Waals surface area contributed by atoms with E-state index in [1.54, 1.807) is 18.2 Å². The summed E-state index contributed by atoms with van der Waals surface area (Å²) in [5.74, 6) is -1.05. The number of carboxylic acids is 1. The Bertz CT molecular complexity index is 483. The van der Waals surface area contributed by atoms with Gasteiger partial charge in [-0.1, -0.05) is 30.0 Å². The summed E-state index contributed by atoms with van der Waals surface area (Å²) in [7, 11) is 0. The molecule has 0 aliphatic rings. The van der Waals surface area contributed by atoms with Crippen molar-refractivity contribution in [3.8, 4) is 0 Å². The molecule has 96 valence electrons. The van der Waals surface area contributed by atoms with Crippen LogP contribution in [-0.2, 0) is 16.0 Å². The quantitative estimate of drug-likeness (QED) is 0.892. The predicted molar refractivity (Wildman–Crippen MR) is 69.9 cm³/mol. The van der Waals surface area contributed by atoms with Crippen molar-refractivity contribution < 1.29 is 19.1 Å². The van der Waals surface area contributed by atoms with Crippen LogP contribution in [0.5, 0.6) is 0 Å². The van der Waals surface area contributed by atoms with Crippen LogP contribution in [0.1, 0.15) is 18.1 Å². The van der Waals surface area contributed by atoms with Crippen molar-refractivity contribution in [2.75, 3.05) is 5.75 Å². The van der Waals surface area contributed by atoms with Gasteiger partial charge < -0.3 is 5.11 Å². The molecule has 0 saturated carbocycles. The molecule has 0 heterocycles. The average molecular weight is 268 g/mol. The van der Waals surface area contributed by atoms with Gasteiger partial charge in [0.1, 0.15) is 5.82 Å². The summed E-state index contributed by atoms with van der Waals surface area (Å²) in [5, 5.41) is 8.66. The number of aliphatic carboxylic acids is 1. The van der Waals surface area contributed by atoms with Gasteiger partial charge in [0, 0.05) is 12.7 Å². The third kappa shape index (κ3) is 5.14. The van der Waals surface area contributed by atoms with Crippen LogP contribution in [0.3, 0.4) is 0 Å². The van der Waals surface area contributed by atoms with Crippen molar-refractivity contribution in [2.24, 2.45) is 0 Å². The largest absolute Gasteiger partial charge is 0.481 e. The van der Waals surface area contributed by atoms with E-state index in [0.29, 0.717) is 5.75 Å². The van der Waals surface area contributed by atoms with Gasteiger partial charge in [0.05, 0.1) is 6.42 Å². The Hall–Kier alpha value is -1.62. The first kappa shape index (κ1) is 14.4. The van der Waals surface area contributed by atoms with E-state index < -0.39 is 11.8 Å². The molecule has 1 aromatic rings. The Morgan fingerprint density at radius 2 is 2.17 bits per heavy atom.